The second-order valence-corrected chi connectivity index (χ2v) is 6.36. The standard InChI is InChI=1S/C20H20N4O/c1-2-17-16(15-8-5-6-9-18(15)25-17)12-14(13-21)20-23-22-19-10-4-3-7-11-24(19)20/h5-6,8-9,12H,2-4,7,10-11H2,1H3/b14-12+. The van der Waals surface area contributed by atoms with E-state index in [1.54, 1.807) is 0 Å². The monoisotopic (exact) mass is 332 g/mol. The molecule has 0 saturated carbocycles. The SMILES string of the molecule is CCc1oc2ccccc2c1/C=C(\C#N)c1nnc2n1CCCCC2. The van der Waals surface area contributed by atoms with Crippen LogP contribution in [-0.4, -0.2) is 14.8 Å². The summed E-state index contributed by atoms with van der Waals surface area (Å²) in [5.74, 6) is 2.55. The van der Waals surface area contributed by atoms with Gasteiger partial charge < -0.3 is 8.98 Å². The number of aromatic nitrogens is 3. The fraction of sp³-hybridized carbons (Fsp3) is 0.350. The van der Waals surface area contributed by atoms with E-state index in [4.69, 9.17) is 4.42 Å². The van der Waals surface area contributed by atoms with Gasteiger partial charge in [-0.25, -0.2) is 0 Å². The first-order valence-electron chi connectivity index (χ1n) is 8.86. The summed E-state index contributed by atoms with van der Waals surface area (Å²) in [6.45, 7) is 2.94. The highest BCUT2D eigenvalue weighted by atomic mass is 16.3. The van der Waals surface area contributed by atoms with Crippen LogP contribution < -0.4 is 0 Å². The van der Waals surface area contributed by atoms with E-state index in [0.717, 1.165) is 60.3 Å². The number of furan rings is 1. The van der Waals surface area contributed by atoms with E-state index in [0.29, 0.717) is 11.4 Å². The molecule has 0 atom stereocenters. The molecule has 126 valence electrons. The molecule has 4 rings (SSSR count). The van der Waals surface area contributed by atoms with E-state index >= 15 is 0 Å². The first kappa shape index (κ1) is 15.6. The van der Waals surface area contributed by atoms with Crippen LogP contribution in [0.1, 0.15) is 49.2 Å². The minimum Gasteiger partial charge on any atom is -0.460 e. The predicted molar refractivity (Wildman–Crippen MR) is 96.7 cm³/mol. The summed E-state index contributed by atoms with van der Waals surface area (Å²) in [5, 5.41) is 19.4. The van der Waals surface area contributed by atoms with Crippen LogP contribution in [0.5, 0.6) is 0 Å². The van der Waals surface area contributed by atoms with Gasteiger partial charge in [0.25, 0.3) is 0 Å². The van der Waals surface area contributed by atoms with Crippen molar-refractivity contribution in [3.8, 4) is 6.07 Å². The number of fused-ring (bicyclic) bond motifs is 2. The van der Waals surface area contributed by atoms with Gasteiger partial charge in [-0.05, 0) is 25.0 Å². The first-order chi connectivity index (χ1) is 12.3. The summed E-state index contributed by atoms with van der Waals surface area (Å²) in [4.78, 5) is 0. The molecule has 5 nitrogen and oxygen atoms in total. The van der Waals surface area contributed by atoms with Gasteiger partial charge in [-0.1, -0.05) is 31.5 Å². The third-order valence-electron chi connectivity index (χ3n) is 4.79. The molecule has 0 unspecified atom stereocenters. The minimum absolute atomic E-state index is 0.543. The van der Waals surface area contributed by atoms with Gasteiger partial charge in [0.1, 0.15) is 23.2 Å². The lowest BCUT2D eigenvalue weighted by molar-refractivity contribution is 0.556. The van der Waals surface area contributed by atoms with Crippen LogP contribution in [0.3, 0.4) is 0 Å². The highest BCUT2D eigenvalue weighted by Gasteiger charge is 2.19. The van der Waals surface area contributed by atoms with Gasteiger partial charge in [0, 0.05) is 30.3 Å². The molecule has 2 aromatic heterocycles. The number of allylic oxidation sites excluding steroid dienone is 1. The zero-order valence-electron chi connectivity index (χ0n) is 14.3. The number of hydrogen-bond donors (Lipinski definition) is 0. The third-order valence-corrected chi connectivity index (χ3v) is 4.79. The van der Waals surface area contributed by atoms with Gasteiger partial charge >= 0.3 is 0 Å². The molecule has 25 heavy (non-hydrogen) atoms. The lowest BCUT2D eigenvalue weighted by Gasteiger charge is -2.06. The van der Waals surface area contributed by atoms with Crippen molar-refractivity contribution in [2.45, 2.75) is 45.6 Å². The average molecular weight is 332 g/mol. The molecule has 0 bridgehead atoms. The third kappa shape index (κ3) is 2.74. The maximum absolute atomic E-state index is 9.77. The molecule has 0 radical (unpaired) electrons. The van der Waals surface area contributed by atoms with Crippen molar-refractivity contribution in [1.82, 2.24) is 14.8 Å². The smallest absolute Gasteiger partial charge is 0.174 e. The second-order valence-electron chi connectivity index (χ2n) is 6.36. The Labute approximate surface area is 146 Å². The molecule has 0 saturated heterocycles. The number of rotatable bonds is 3. The van der Waals surface area contributed by atoms with Crippen molar-refractivity contribution in [3.05, 3.63) is 47.2 Å². The normalized spacial score (nSPS) is 15.0. The molecule has 1 aromatic carbocycles. The van der Waals surface area contributed by atoms with E-state index in [1.165, 1.54) is 6.42 Å². The van der Waals surface area contributed by atoms with Gasteiger partial charge in [-0.2, -0.15) is 5.26 Å². The van der Waals surface area contributed by atoms with Crippen LogP contribution in [0.25, 0.3) is 22.6 Å². The molecule has 0 aliphatic carbocycles. The van der Waals surface area contributed by atoms with Crippen molar-refractivity contribution in [2.75, 3.05) is 0 Å². The van der Waals surface area contributed by atoms with Crippen molar-refractivity contribution >= 4 is 22.6 Å². The Kier molecular flexibility index (Phi) is 4.10. The molecule has 1 aliphatic heterocycles. The summed E-state index contributed by atoms with van der Waals surface area (Å²) >= 11 is 0. The first-order valence-corrected chi connectivity index (χ1v) is 8.86. The fourth-order valence-corrected chi connectivity index (χ4v) is 3.51. The summed E-state index contributed by atoms with van der Waals surface area (Å²) in [7, 11) is 0. The highest BCUT2D eigenvalue weighted by Crippen LogP contribution is 2.30. The molecule has 3 aromatic rings. The predicted octanol–water partition coefficient (Wildman–Crippen LogP) is 4.38. The quantitative estimate of drug-likeness (QED) is 0.668. The molecule has 0 spiro atoms. The van der Waals surface area contributed by atoms with Crippen molar-refractivity contribution in [1.29, 1.82) is 5.26 Å². The summed E-state index contributed by atoms with van der Waals surface area (Å²) < 4.78 is 8.05. The Bertz CT molecular complexity index is 987. The van der Waals surface area contributed by atoms with Crippen LogP contribution in [0.15, 0.2) is 28.7 Å². The number of hydrogen-bond acceptors (Lipinski definition) is 4. The number of nitrogens with zero attached hydrogens (tertiary/aromatic N) is 4. The maximum Gasteiger partial charge on any atom is 0.174 e. The molecule has 0 N–H and O–H groups in total. The van der Waals surface area contributed by atoms with Crippen molar-refractivity contribution in [3.63, 3.8) is 0 Å². The van der Waals surface area contributed by atoms with Crippen LogP contribution in [0, 0.1) is 11.3 Å². The number of aryl methyl sites for hydroxylation is 2. The Hall–Kier alpha value is -2.87. The van der Waals surface area contributed by atoms with E-state index in [-0.39, 0.29) is 0 Å². The molecule has 1 aliphatic rings. The van der Waals surface area contributed by atoms with Gasteiger partial charge in [-0.3, -0.25) is 0 Å². The van der Waals surface area contributed by atoms with E-state index in [9.17, 15) is 5.26 Å². The van der Waals surface area contributed by atoms with Crippen molar-refractivity contribution < 1.29 is 4.42 Å². The van der Waals surface area contributed by atoms with Gasteiger partial charge in [-0.15, -0.1) is 10.2 Å². The topological polar surface area (TPSA) is 67.6 Å². The van der Waals surface area contributed by atoms with E-state index < -0.39 is 0 Å². The zero-order chi connectivity index (χ0) is 17.2. The van der Waals surface area contributed by atoms with Crippen LogP contribution in [-0.2, 0) is 19.4 Å². The van der Waals surface area contributed by atoms with Crippen LogP contribution in [0.2, 0.25) is 0 Å². The fourth-order valence-electron chi connectivity index (χ4n) is 3.51. The van der Waals surface area contributed by atoms with Crippen LogP contribution >= 0.6 is 0 Å². The number of para-hydroxylation sites is 1. The van der Waals surface area contributed by atoms with Gasteiger partial charge in [0.05, 0.1) is 5.57 Å². The van der Waals surface area contributed by atoms with Gasteiger partial charge in [0.15, 0.2) is 5.82 Å². The van der Waals surface area contributed by atoms with Gasteiger partial charge in [0.2, 0.25) is 0 Å². The summed E-state index contributed by atoms with van der Waals surface area (Å²) in [6.07, 6.45) is 7.05. The lowest BCUT2D eigenvalue weighted by Crippen LogP contribution is -2.05. The number of benzene rings is 1. The second kappa shape index (κ2) is 6.56. The number of nitriles is 1. The Morgan fingerprint density at radius 1 is 1.28 bits per heavy atom. The van der Waals surface area contributed by atoms with Crippen LogP contribution in [0.4, 0.5) is 0 Å². The molecule has 5 heteroatoms. The average Bonchev–Trinajstić information content (AvgIpc) is 3.12. The molecule has 0 amide bonds. The highest BCUT2D eigenvalue weighted by molar-refractivity contribution is 5.96. The minimum atomic E-state index is 0.543. The summed E-state index contributed by atoms with van der Waals surface area (Å²) in [5.41, 5.74) is 2.37. The molecular weight excluding hydrogens is 312 g/mol. The van der Waals surface area contributed by atoms with E-state index in [2.05, 4.69) is 27.8 Å². The molecular formula is C20H20N4O. The van der Waals surface area contributed by atoms with Crippen molar-refractivity contribution in [2.24, 2.45) is 0 Å². The Morgan fingerprint density at radius 3 is 3.00 bits per heavy atom. The largest absolute Gasteiger partial charge is 0.460 e. The Balaban J connectivity index is 1.86. The Morgan fingerprint density at radius 2 is 2.16 bits per heavy atom. The zero-order valence-corrected chi connectivity index (χ0v) is 14.3. The molecule has 3 heterocycles. The maximum atomic E-state index is 9.77. The summed E-state index contributed by atoms with van der Waals surface area (Å²) in [6, 6.07) is 10.3. The molecule has 0 fully saturated rings. The lowest BCUT2D eigenvalue weighted by atomic mass is 10.1. The van der Waals surface area contributed by atoms with E-state index in [1.807, 2.05) is 30.3 Å².